The standard InChI is InChI=1S/C38H23N5/c1-2-8-25(9-3-1)36-40-37(42-38(41-36)43-34-12-6-4-10-31(34)32-11-5-7-13-35(32)43)27-16-17-28-26(22-27)15-19-30-29(28)18-14-24-20-21-39-23-33(24)30/h1-23H. The van der Waals surface area contributed by atoms with Crippen molar-refractivity contribution in [2.45, 2.75) is 0 Å². The first-order chi connectivity index (χ1) is 21.3. The van der Waals surface area contributed by atoms with E-state index in [-0.39, 0.29) is 0 Å². The normalized spacial score (nSPS) is 11.7. The van der Waals surface area contributed by atoms with Gasteiger partial charge in [0.05, 0.1) is 11.0 Å². The van der Waals surface area contributed by atoms with Crippen LogP contribution >= 0.6 is 0 Å². The van der Waals surface area contributed by atoms with Gasteiger partial charge in [0.15, 0.2) is 11.6 Å². The lowest BCUT2D eigenvalue weighted by Crippen LogP contribution is -2.06. The van der Waals surface area contributed by atoms with Crippen molar-refractivity contribution >= 4 is 54.1 Å². The molecule has 0 aliphatic rings. The number of fused-ring (bicyclic) bond motifs is 8. The topological polar surface area (TPSA) is 56.5 Å². The van der Waals surface area contributed by atoms with Gasteiger partial charge < -0.3 is 0 Å². The second-order valence-corrected chi connectivity index (χ2v) is 10.8. The van der Waals surface area contributed by atoms with Crippen molar-refractivity contribution in [3.05, 3.63) is 140 Å². The molecule has 5 heteroatoms. The van der Waals surface area contributed by atoms with E-state index < -0.39 is 0 Å². The summed E-state index contributed by atoms with van der Waals surface area (Å²) in [5.41, 5.74) is 4.01. The van der Waals surface area contributed by atoms with Gasteiger partial charge in [0.25, 0.3) is 0 Å². The van der Waals surface area contributed by atoms with Crippen molar-refractivity contribution < 1.29 is 0 Å². The van der Waals surface area contributed by atoms with E-state index in [0.717, 1.165) is 32.9 Å². The predicted octanol–water partition coefficient (Wildman–Crippen LogP) is 9.16. The fourth-order valence-electron chi connectivity index (χ4n) is 6.30. The van der Waals surface area contributed by atoms with Gasteiger partial charge in [0.2, 0.25) is 5.95 Å². The van der Waals surface area contributed by atoms with Crippen LogP contribution in [0.1, 0.15) is 0 Å². The zero-order valence-corrected chi connectivity index (χ0v) is 23.0. The van der Waals surface area contributed by atoms with Crippen LogP contribution in [0.25, 0.3) is 82.8 Å². The highest BCUT2D eigenvalue weighted by Crippen LogP contribution is 2.35. The molecule has 0 radical (unpaired) electrons. The van der Waals surface area contributed by atoms with Crippen molar-refractivity contribution in [1.82, 2.24) is 24.5 Å². The molecule has 0 spiro atoms. The molecule has 0 amide bonds. The Morgan fingerprint density at radius 3 is 1.81 bits per heavy atom. The summed E-state index contributed by atoms with van der Waals surface area (Å²) in [6.07, 6.45) is 3.79. The highest BCUT2D eigenvalue weighted by atomic mass is 15.2. The van der Waals surface area contributed by atoms with E-state index in [4.69, 9.17) is 15.0 Å². The van der Waals surface area contributed by atoms with Crippen LogP contribution in [0, 0.1) is 0 Å². The molecule has 43 heavy (non-hydrogen) atoms. The van der Waals surface area contributed by atoms with Crippen molar-refractivity contribution in [3.63, 3.8) is 0 Å². The molecule has 0 N–H and O–H groups in total. The van der Waals surface area contributed by atoms with Gasteiger partial charge in [0, 0.05) is 39.7 Å². The molecule has 200 valence electrons. The van der Waals surface area contributed by atoms with Crippen LogP contribution in [0.2, 0.25) is 0 Å². The predicted molar refractivity (Wildman–Crippen MR) is 175 cm³/mol. The molecular formula is C38H23N5. The van der Waals surface area contributed by atoms with Gasteiger partial charge >= 0.3 is 0 Å². The minimum absolute atomic E-state index is 0.596. The molecule has 5 nitrogen and oxygen atoms in total. The average Bonchev–Trinajstić information content (AvgIpc) is 3.42. The van der Waals surface area contributed by atoms with Crippen LogP contribution < -0.4 is 0 Å². The maximum absolute atomic E-state index is 5.11. The third-order valence-corrected chi connectivity index (χ3v) is 8.33. The van der Waals surface area contributed by atoms with Crippen LogP contribution in [0.15, 0.2) is 140 Å². The Bertz CT molecular complexity index is 2460. The monoisotopic (exact) mass is 549 g/mol. The second kappa shape index (κ2) is 9.29. The first-order valence-electron chi connectivity index (χ1n) is 14.3. The Hall–Kier alpha value is -5.94. The van der Waals surface area contributed by atoms with Gasteiger partial charge in [-0.1, -0.05) is 103 Å². The van der Waals surface area contributed by atoms with Gasteiger partial charge in [-0.05, 0) is 51.2 Å². The quantitative estimate of drug-likeness (QED) is 0.206. The maximum Gasteiger partial charge on any atom is 0.238 e. The van der Waals surface area contributed by atoms with Gasteiger partial charge in [-0.2, -0.15) is 9.97 Å². The highest BCUT2D eigenvalue weighted by Gasteiger charge is 2.17. The smallest absolute Gasteiger partial charge is 0.238 e. The number of pyridine rings is 1. The lowest BCUT2D eigenvalue weighted by molar-refractivity contribution is 0.953. The van der Waals surface area contributed by atoms with E-state index in [1.54, 1.807) is 0 Å². The molecule has 9 aromatic rings. The highest BCUT2D eigenvalue weighted by molar-refractivity contribution is 6.17. The Kier molecular flexibility index (Phi) is 5.13. The van der Waals surface area contributed by atoms with Crippen LogP contribution in [0.3, 0.4) is 0 Å². The number of rotatable bonds is 3. The number of hydrogen-bond donors (Lipinski definition) is 0. The van der Waals surface area contributed by atoms with Crippen LogP contribution in [-0.2, 0) is 0 Å². The molecule has 9 rings (SSSR count). The van der Waals surface area contributed by atoms with Gasteiger partial charge in [0.1, 0.15) is 0 Å². The summed E-state index contributed by atoms with van der Waals surface area (Å²) in [6, 6.07) is 44.2. The molecule has 0 saturated carbocycles. The summed E-state index contributed by atoms with van der Waals surface area (Å²) in [7, 11) is 0. The zero-order valence-electron chi connectivity index (χ0n) is 23.0. The van der Waals surface area contributed by atoms with Crippen LogP contribution in [-0.4, -0.2) is 24.5 Å². The van der Waals surface area contributed by atoms with E-state index in [1.165, 1.54) is 32.3 Å². The van der Waals surface area contributed by atoms with E-state index in [9.17, 15) is 0 Å². The van der Waals surface area contributed by atoms with Crippen LogP contribution in [0.5, 0.6) is 0 Å². The van der Waals surface area contributed by atoms with E-state index in [1.807, 2.05) is 42.7 Å². The number of hydrogen-bond acceptors (Lipinski definition) is 4. The van der Waals surface area contributed by atoms with E-state index >= 15 is 0 Å². The molecular weight excluding hydrogens is 526 g/mol. The third kappa shape index (κ3) is 3.72. The molecule has 6 aromatic carbocycles. The summed E-state index contributed by atoms with van der Waals surface area (Å²) in [4.78, 5) is 19.5. The van der Waals surface area contributed by atoms with E-state index in [0.29, 0.717) is 17.6 Å². The summed E-state index contributed by atoms with van der Waals surface area (Å²) >= 11 is 0. The molecule has 0 aliphatic heterocycles. The summed E-state index contributed by atoms with van der Waals surface area (Å²) in [5, 5.41) is 9.41. The Balaban J connectivity index is 1.29. The van der Waals surface area contributed by atoms with Crippen molar-refractivity contribution in [1.29, 1.82) is 0 Å². The van der Waals surface area contributed by atoms with Gasteiger partial charge in [-0.3, -0.25) is 9.55 Å². The number of aromatic nitrogens is 5. The summed E-state index contributed by atoms with van der Waals surface area (Å²) in [6.45, 7) is 0. The fraction of sp³-hybridized carbons (Fsp3) is 0. The Labute approximate surface area is 246 Å². The molecule has 0 fully saturated rings. The maximum atomic E-state index is 5.11. The first-order valence-corrected chi connectivity index (χ1v) is 14.3. The molecule has 0 aliphatic carbocycles. The average molecular weight is 550 g/mol. The molecule has 3 aromatic heterocycles. The Morgan fingerprint density at radius 2 is 1.05 bits per heavy atom. The first kappa shape index (κ1) is 23.7. The van der Waals surface area contributed by atoms with Crippen molar-refractivity contribution in [2.75, 3.05) is 0 Å². The lowest BCUT2D eigenvalue weighted by Gasteiger charge is -2.12. The summed E-state index contributed by atoms with van der Waals surface area (Å²) < 4.78 is 2.15. The SMILES string of the molecule is c1ccc(-c2nc(-c3ccc4c(ccc5c6cnccc6ccc45)c3)nc(-n3c4ccccc4c4ccccc43)n2)cc1. The molecule has 0 bridgehead atoms. The van der Waals surface area contributed by atoms with Crippen molar-refractivity contribution in [2.24, 2.45) is 0 Å². The van der Waals surface area contributed by atoms with Gasteiger partial charge in [-0.15, -0.1) is 0 Å². The minimum Gasteiger partial charge on any atom is -0.278 e. The van der Waals surface area contributed by atoms with Crippen LogP contribution in [0.4, 0.5) is 0 Å². The second-order valence-electron chi connectivity index (χ2n) is 10.8. The Morgan fingerprint density at radius 1 is 0.419 bits per heavy atom. The lowest BCUT2D eigenvalue weighted by atomic mass is 9.97. The molecule has 3 heterocycles. The molecule has 0 atom stereocenters. The van der Waals surface area contributed by atoms with Gasteiger partial charge in [-0.25, -0.2) is 4.98 Å². The summed E-state index contributed by atoms with van der Waals surface area (Å²) in [5.74, 6) is 1.87. The molecule has 0 saturated heterocycles. The zero-order chi connectivity index (χ0) is 28.3. The van der Waals surface area contributed by atoms with Crippen molar-refractivity contribution in [3.8, 4) is 28.7 Å². The number of nitrogens with zero attached hydrogens (tertiary/aromatic N) is 5. The molecule has 0 unspecified atom stereocenters. The number of benzene rings is 6. The third-order valence-electron chi connectivity index (χ3n) is 8.33. The fourth-order valence-corrected chi connectivity index (χ4v) is 6.30. The largest absolute Gasteiger partial charge is 0.278 e. The minimum atomic E-state index is 0.596. The number of para-hydroxylation sites is 2. The van der Waals surface area contributed by atoms with E-state index in [2.05, 4.69) is 107 Å².